The van der Waals surface area contributed by atoms with Crippen molar-refractivity contribution >= 4 is 0 Å². The van der Waals surface area contributed by atoms with Gasteiger partial charge in [0.05, 0.1) is 7.11 Å². The summed E-state index contributed by atoms with van der Waals surface area (Å²) in [6.07, 6.45) is 6.97. The molecule has 4 aliphatic carbocycles. The molecule has 0 amide bonds. The number of alkyl halides is 4. The lowest BCUT2D eigenvalue weighted by molar-refractivity contribution is 0.130. The van der Waals surface area contributed by atoms with E-state index in [0.29, 0.717) is 48.3 Å². The molecule has 4 unspecified atom stereocenters. The van der Waals surface area contributed by atoms with E-state index >= 15 is 8.78 Å². The van der Waals surface area contributed by atoms with Crippen molar-refractivity contribution in [3.05, 3.63) is 46.8 Å². The van der Waals surface area contributed by atoms with Gasteiger partial charge in [0.2, 0.25) is 0 Å². The third kappa shape index (κ3) is 4.52. The molecule has 4 aliphatic rings. The molecule has 2 saturated carbocycles. The zero-order valence-electron chi connectivity index (χ0n) is 18.5. The topological polar surface area (TPSA) is 9.23 Å². The normalized spacial score (nSPS) is 41.6. The van der Waals surface area contributed by atoms with E-state index in [1.807, 2.05) is 12.2 Å². The Morgan fingerprint density at radius 2 is 0.935 bits per heavy atom. The molecule has 4 rings (SSSR count). The summed E-state index contributed by atoms with van der Waals surface area (Å²) in [5.41, 5.74) is 1.66. The second kappa shape index (κ2) is 9.54. The maximum Gasteiger partial charge on any atom is 0.192 e. The molecular weight excluding hydrogens is 404 g/mol. The molecule has 1 nitrogen and oxygen atoms in total. The van der Waals surface area contributed by atoms with Crippen molar-refractivity contribution in [2.75, 3.05) is 7.11 Å². The van der Waals surface area contributed by atoms with Crippen molar-refractivity contribution in [1.29, 1.82) is 0 Å². The van der Waals surface area contributed by atoms with Crippen LogP contribution in [0.25, 0.3) is 0 Å². The van der Waals surface area contributed by atoms with Crippen LogP contribution < -0.4 is 0 Å². The fourth-order valence-corrected chi connectivity index (χ4v) is 6.01. The lowest BCUT2D eigenvalue weighted by atomic mass is 9.70. The summed E-state index contributed by atoms with van der Waals surface area (Å²) in [4.78, 5) is 0. The van der Waals surface area contributed by atoms with Crippen LogP contribution in [0.2, 0.25) is 0 Å². The van der Waals surface area contributed by atoms with Crippen LogP contribution in [0.5, 0.6) is 0 Å². The monoisotopic (exact) mass is 438 g/mol. The van der Waals surface area contributed by atoms with E-state index in [1.54, 1.807) is 6.08 Å². The minimum Gasteiger partial charge on any atom is -0.498 e. The Morgan fingerprint density at radius 1 is 0.581 bits per heavy atom. The lowest BCUT2D eigenvalue weighted by Crippen LogP contribution is -2.34. The van der Waals surface area contributed by atoms with Crippen LogP contribution in [0.1, 0.15) is 58.3 Å². The summed E-state index contributed by atoms with van der Waals surface area (Å²) in [5, 5.41) is 0. The lowest BCUT2D eigenvalue weighted by Gasteiger charge is -2.37. The van der Waals surface area contributed by atoms with Crippen LogP contribution in [0.4, 0.5) is 17.6 Å². The van der Waals surface area contributed by atoms with Gasteiger partial charge >= 0.3 is 0 Å². The van der Waals surface area contributed by atoms with E-state index in [0.717, 1.165) is 25.7 Å². The Morgan fingerprint density at radius 3 is 1.35 bits per heavy atom. The molecular formula is C26H34F4O. The number of ether oxygens (including phenoxy) is 1. The van der Waals surface area contributed by atoms with Crippen molar-refractivity contribution < 1.29 is 22.3 Å². The number of hydrogen-bond donors (Lipinski definition) is 0. The first-order valence-electron chi connectivity index (χ1n) is 11.8. The predicted molar refractivity (Wildman–Crippen MR) is 115 cm³/mol. The number of rotatable bonds is 4. The van der Waals surface area contributed by atoms with Gasteiger partial charge in [-0.2, -0.15) is 0 Å². The highest BCUT2D eigenvalue weighted by Crippen LogP contribution is 2.45. The van der Waals surface area contributed by atoms with Crippen molar-refractivity contribution in [2.45, 2.75) is 83.0 Å². The molecule has 172 valence electrons. The molecule has 0 saturated heterocycles. The Bertz CT molecular complexity index is 766. The maximum absolute atomic E-state index is 15.1. The first-order valence-corrected chi connectivity index (χ1v) is 11.8. The molecule has 2 fully saturated rings. The molecule has 0 aromatic rings. The molecule has 0 spiro atoms. The third-order valence-electron chi connectivity index (χ3n) is 8.04. The molecule has 0 N–H and O–H groups in total. The molecule has 31 heavy (non-hydrogen) atoms. The standard InChI is InChI=1S/C26H34F4O/c1-15-3-5-16(6-4-15)19-11-12-20(24(28)23(19)27)17-7-9-18(10-8-17)21-13-14-22(31-2)26(30)25(21)29/h11-18,23-26H,3-10H2,1-2H3. The van der Waals surface area contributed by atoms with Crippen molar-refractivity contribution in [2.24, 2.45) is 23.7 Å². The Kier molecular flexibility index (Phi) is 6.98. The largest absolute Gasteiger partial charge is 0.498 e. The number of hydrogen-bond acceptors (Lipinski definition) is 1. The van der Waals surface area contributed by atoms with Gasteiger partial charge in [-0.05, 0) is 85.0 Å². The maximum atomic E-state index is 15.1. The van der Waals surface area contributed by atoms with Crippen LogP contribution in [-0.4, -0.2) is 31.8 Å². The Balaban J connectivity index is 1.41. The van der Waals surface area contributed by atoms with Crippen LogP contribution >= 0.6 is 0 Å². The zero-order chi connectivity index (χ0) is 22.1. The molecule has 0 aromatic heterocycles. The van der Waals surface area contributed by atoms with E-state index in [4.69, 9.17) is 4.74 Å². The highest BCUT2D eigenvalue weighted by atomic mass is 19.2. The number of halogens is 4. The summed E-state index contributed by atoms with van der Waals surface area (Å²) in [5.74, 6) is 0.770. The second-order valence-electron chi connectivity index (χ2n) is 9.89. The fraction of sp³-hybridized carbons (Fsp3) is 0.692. The van der Waals surface area contributed by atoms with Crippen molar-refractivity contribution in [1.82, 2.24) is 0 Å². The SMILES string of the molecule is COC1=CC=C(C2CCC(C3=CC=C(C4CCC(C)CC4)C(F)C3F)CC2)C(F)C1F. The Labute approximate surface area is 183 Å². The quantitative estimate of drug-likeness (QED) is 0.418. The summed E-state index contributed by atoms with van der Waals surface area (Å²) >= 11 is 0. The summed E-state index contributed by atoms with van der Waals surface area (Å²) in [6, 6.07) is 0. The average Bonchev–Trinajstić information content (AvgIpc) is 2.78. The van der Waals surface area contributed by atoms with E-state index in [2.05, 4.69) is 6.92 Å². The molecule has 0 aliphatic heterocycles. The van der Waals surface area contributed by atoms with E-state index in [-0.39, 0.29) is 23.5 Å². The van der Waals surface area contributed by atoms with Gasteiger partial charge in [-0.15, -0.1) is 0 Å². The van der Waals surface area contributed by atoms with Gasteiger partial charge in [0, 0.05) is 0 Å². The smallest absolute Gasteiger partial charge is 0.192 e. The molecule has 0 radical (unpaired) electrons. The van der Waals surface area contributed by atoms with Crippen LogP contribution in [0.15, 0.2) is 46.8 Å². The summed E-state index contributed by atoms with van der Waals surface area (Å²) in [6.45, 7) is 2.22. The third-order valence-corrected chi connectivity index (χ3v) is 8.04. The minimum absolute atomic E-state index is 0.0153. The fourth-order valence-electron chi connectivity index (χ4n) is 6.01. The van der Waals surface area contributed by atoms with Crippen LogP contribution in [0, 0.1) is 23.7 Å². The van der Waals surface area contributed by atoms with Crippen molar-refractivity contribution in [3.63, 3.8) is 0 Å². The average molecular weight is 439 g/mol. The Hall–Kier alpha value is -1.52. The minimum atomic E-state index is -1.77. The number of methoxy groups -OCH3 is 1. The van der Waals surface area contributed by atoms with Gasteiger partial charge < -0.3 is 4.74 Å². The van der Waals surface area contributed by atoms with Gasteiger partial charge in [-0.1, -0.05) is 38.0 Å². The van der Waals surface area contributed by atoms with Crippen LogP contribution in [-0.2, 0) is 4.74 Å². The van der Waals surface area contributed by atoms with Gasteiger partial charge in [-0.3, -0.25) is 0 Å². The van der Waals surface area contributed by atoms with Crippen LogP contribution in [0.3, 0.4) is 0 Å². The van der Waals surface area contributed by atoms with Gasteiger partial charge in [-0.25, -0.2) is 17.6 Å². The van der Waals surface area contributed by atoms with Gasteiger partial charge in [0.15, 0.2) is 24.7 Å². The predicted octanol–water partition coefficient (Wildman–Crippen LogP) is 7.31. The highest BCUT2D eigenvalue weighted by Gasteiger charge is 2.41. The first-order chi connectivity index (χ1) is 14.9. The molecule has 5 heteroatoms. The van der Waals surface area contributed by atoms with Crippen molar-refractivity contribution in [3.8, 4) is 0 Å². The van der Waals surface area contributed by atoms with E-state index in [1.165, 1.54) is 13.2 Å². The zero-order valence-corrected chi connectivity index (χ0v) is 18.5. The highest BCUT2D eigenvalue weighted by molar-refractivity contribution is 5.36. The van der Waals surface area contributed by atoms with E-state index in [9.17, 15) is 8.78 Å². The van der Waals surface area contributed by atoms with E-state index < -0.39 is 24.7 Å². The molecule has 0 aromatic carbocycles. The molecule has 4 atom stereocenters. The van der Waals surface area contributed by atoms with Gasteiger partial charge in [0.1, 0.15) is 5.76 Å². The molecule has 0 heterocycles. The summed E-state index contributed by atoms with van der Waals surface area (Å²) < 4.78 is 63.9. The number of allylic oxidation sites excluding steroid dienone is 8. The second-order valence-corrected chi connectivity index (χ2v) is 9.89. The van der Waals surface area contributed by atoms with Gasteiger partial charge in [0.25, 0.3) is 0 Å². The molecule has 0 bridgehead atoms. The summed E-state index contributed by atoms with van der Waals surface area (Å²) in [7, 11) is 1.34. The first kappa shape index (κ1) is 22.7.